The molecule has 9 atom stereocenters. The van der Waals surface area contributed by atoms with Crippen molar-refractivity contribution in [3.8, 4) is 0 Å². The Balaban J connectivity index is 1.91. The molecule has 2 aliphatic rings. The van der Waals surface area contributed by atoms with Gasteiger partial charge in [0, 0.05) is 12.7 Å². The molecule has 2 saturated heterocycles. The number of ether oxygens (including phenoxy) is 2. The predicted molar refractivity (Wildman–Crippen MR) is 131 cm³/mol. The molecule has 1 aromatic rings. The van der Waals surface area contributed by atoms with Crippen molar-refractivity contribution in [1.29, 1.82) is 0 Å². The number of H-pyrrole nitrogens is 1. The summed E-state index contributed by atoms with van der Waals surface area (Å²) in [5, 5.41) is 53.3. The summed E-state index contributed by atoms with van der Waals surface area (Å²) < 4.78 is 10.7. The highest BCUT2D eigenvalue weighted by molar-refractivity contribution is 5.95. The number of allylic oxidation sites excluding steroid dienone is 1. The Kier molecular flexibility index (Phi) is 9.63. The van der Waals surface area contributed by atoms with Crippen LogP contribution < -0.4 is 22.5 Å². The van der Waals surface area contributed by atoms with Gasteiger partial charge in [0.15, 0.2) is 18.6 Å². The first-order valence-corrected chi connectivity index (χ1v) is 12.0. The second-order valence-corrected chi connectivity index (χ2v) is 9.28. The number of amides is 3. The van der Waals surface area contributed by atoms with E-state index in [2.05, 4.69) is 15.0 Å². The molecule has 0 aromatic carbocycles. The zero-order valence-corrected chi connectivity index (χ0v) is 21.4. The van der Waals surface area contributed by atoms with Gasteiger partial charge < -0.3 is 61.7 Å². The molecule has 0 bridgehead atoms. The number of hydrogen-bond donors (Lipinski definition) is 9. The Hall–Kier alpha value is -4.14. The van der Waals surface area contributed by atoms with Crippen molar-refractivity contribution < 1.29 is 59.0 Å². The van der Waals surface area contributed by atoms with Crippen LogP contribution in [0.25, 0.3) is 0 Å². The average molecular weight is 587 g/mol. The minimum absolute atomic E-state index is 0.175. The molecule has 11 N–H and O–H groups in total. The molecule has 19 heteroatoms. The van der Waals surface area contributed by atoms with Crippen molar-refractivity contribution in [2.45, 2.75) is 61.8 Å². The number of hydrogen-bond acceptors (Lipinski definition) is 13. The monoisotopic (exact) mass is 586 g/mol. The van der Waals surface area contributed by atoms with E-state index in [4.69, 9.17) is 16.2 Å². The Morgan fingerprint density at radius 1 is 1.27 bits per heavy atom. The highest BCUT2D eigenvalue weighted by Crippen LogP contribution is 2.33. The fourth-order valence-electron chi connectivity index (χ4n) is 4.45. The molecule has 2 aliphatic heterocycles. The van der Waals surface area contributed by atoms with Gasteiger partial charge in [0.05, 0.1) is 5.69 Å². The third-order valence-electron chi connectivity index (χ3n) is 6.70. The van der Waals surface area contributed by atoms with E-state index in [1.165, 1.54) is 6.08 Å². The first kappa shape index (κ1) is 31.4. The second-order valence-electron chi connectivity index (χ2n) is 9.28. The summed E-state index contributed by atoms with van der Waals surface area (Å²) in [5.74, 6) is -3.80. The number of likely N-dealkylation sites (tertiary alicyclic amines) is 1. The Morgan fingerprint density at radius 3 is 2.46 bits per heavy atom. The number of aliphatic hydroxyl groups excluding tert-OH is 4. The Labute approximate surface area is 229 Å². The molecule has 3 heterocycles. The number of carbonyl (C=O) groups excluding carboxylic acids is 4. The third-order valence-corrected chi connectivity index (χ3v) is 6.70. The number of aliphatic hydroxyl groups is 4. The van der Waals surface area contributed by atoms with Crippen molar-refractivity contribution in [2.24, 2.45) is 11.5 Å². The van der Waals surface area contributed by atoms with Crippen molar-refractivity contribution in [2.75, 3.05) is 13.2 Å². The van der Waals surface area contributed by atoms with Gasteiger partial charge in [0.1, 0.15) is 49.2 Å². The van der Waals surface area contributed by atoms with Crippen LogP contribution in [0.4, 0.5) is 4.79 Å². The maximum absolute atomic E-state index is 13.5. The maximum Gasteiger partial charge on any atom is 0.404 e. The van der Waals surface area contributed by atoms with Gasteiger partial charge in [0.2, 0.25) is 11.8 Å². The molecule has 8 unspecified atom stereocenters. The van der Waals surface area contributed by atoms with Crippen molar-refractivity contribution in [3.63, 3.8) is 0 Å². The minimum atomic E-state index is -2.07. The number of imidazole rings is 1. The van der Waals surface area contributed by atoms with Gasteiger partial charge in [-0.25, -0.2) is 14.4 Å². The van der Waals surface area contributed by atoms with E-state index < -0.39 is 91.0 Å². The number of aldehydes is 1. The predicted octanol–water partition coefficient (Wildman–Crippen LogP) is -5.52. The zero-order valence-electron chi connectivity index (χ0n) is 21.4. The summed E-state index contributed by atoms with van der Waals surface area (Å²) in [6, 6.07) is -5.35. The minimum Gasteiger partial charge on any atom is -0.479 e. The van der Waals surface area contributed by atoms with E-state index in [9.17, 15) is 54.3 Å². The van der Waals surface area contributed by atoms with Crippen molar-refractivity contribution in [1.82, 2.24) is 19.8 Å². The lowest BCUT2D eigenvalue weighted by Crippen LogP contribution is -2.67. The lowest BCUT2D eigenvalue weighted by atomic mass is 9.92. The SMILES string of the molecule is C/C=C1/CN(C(=O)C(NC(=O)C(N)C(O)C(O)COC(N)=O)C2OC(n3cc(C=O)[nH]c3=O)C(O)C2O)[C@@H]1C(=O)O. The summed E-state index contributed by atoms with van der Waals surface area (Å²) in [7, 11) is 0. The largest absolute Gasteiger partial charge is 0.479 e. The molecular formula is C22H30N6O13. The molecule has 1 aromatic heterocycles. The van der Waals surface area contributed by atoms with E-state index in [0.717, 1.165) is 15.7 Å². The van der Waals surface area contributed by atoms with Crippen LogP contribution in [0.15, 0.2) is 22.6 Å². The molecule has 0 saturated carbocycles. The molecule has 19 nitrogen and oxygen atoms in total. The molecule has 3 rings (SSSR count). The first-order chi connectivity index (χ1) is 19.2. The first-order valence-electron chi connectivity index (χ1n) is 12.0. The number of aliphatic carboxylic acids is 1. The number of carboxylic acids is 1. The van der Waals surface area contributed by atoms with Gasteiger partial charge in [-0.1, -0.05) is 6.08 Å². The summed E-state index contributed by atoms with van der Waals surface area (Å²) in [6.45, 7) is 0.533. The summed E-state index contributed by atoms with van der Waals surface area (Å²) >= 11 is 0. The average Bonchev–Trinajstić information content (AvgIpc) is 3.42. The molecule has 3 amide bonds. The number of nitrogens with two attached hydrogens (primary N) is 2. The summed E-state index contributed by atoms with van der Waals surface area (Å²) in [6.07, 6.45) is -9.83. The van der Waals surface area contributed by atoms with Crippen molar-refractivity contribution >= 4 is 30.2 Å². The van der Waals surface area contributed by atoms with Gasteiger partial charge in [-0.15, -0.1) is 0 Å². The standard InChI is InChI=1S/C22H30N6O13/c1-2-7-3-27(12(7)20(36)37)18(35)11(26-17(34)10(23)13(31)9(30)6-40-21(24)38)16-14(32)15(33)19(41-16)28-4-8(5-29)25-22(28)39/h2,4-5,9-16,19,30-33H,3,6,23H2,1H3,(H2,24,38)(H,25,39)(H,26,34)(H,36,37)/b7-2-/t9?,10?,11?,12-,13?,14?,15?,16?,19?/m0/s1. The van der Waals surface area contributed by atoms with Gasteiger partial charge >= 0.3 is 17.8 Å². The van der Waals surface area contributed by atoms with E-state index >= 15 is 0 Å². The van der Waals surface area contributed by atoms with Crippen molar-refractivity contribution in [3.05, 3.63) is 34.0 Å². The van der Waals surface area contributed by atoms with E-state index in [-0.39, 0.29) is 12.2 Å². The smallest absolute Gasteiger partial charge is 0.404 e. The normalized spacial score (nSPS) is 27.8. The molecule has 2 fully saturated rings. The molecule has 0 aliphatic carbocycles. The number of rotatable bonds is 11. The van der Waals surface area contributed by atoms with E-state index in [1.54, 1.807) is 6.92 Å². The summed E-state index contributed by atoms with van der Waals surface area (Å²) in [4.78, 5) is 75.4. The van der Waals surface area contributed by atoms with Gasteiger partial charge in [-0.2, -0.15) is 0 Å². The Morgan fingerprint density at radius 2 is 1.93 bits per heavy atom. The topological polar surface area (TPSA) is 310 Å². The van der Waals surface area contributed by atoms with Crippen LogP contribution in [0.1, 0.15) is 23.6 Å². The highest BCUT2D eigenvalue weighted by Gasteiger charge is 2.54. The number of aromatic nitrogens is 2. The third kappa shape index (κ3) is 6.29. The van der Waals surface area contributed by atoms with Crippen LogP contribution in [-0.4, -0.2) is 132 Å². The van der Waals surface area contributed by atoms with Crippen LogP contribution in [0.2, 0.25) is 0 Å². The fourth-order valence-corrected chi connectivity index (χ4v) is 4.45. The van der Waals surface area contributed by atoms with Crippen LogP contribution in [0.3, 0.4) is 0 Å². The molecule has 226 valence electrons. The number of carboxylic acid groups (broad SMARTS) is 1. The number of nitrogens with zero attached hydrogens (tertiary/aromatic N) is 2. The molecular weight excluding hydrogens is 556 g/mol. The number of carbonyl (C=O) groups is 5. The van der Waals surface area contributed by atoms with Crippen LogP contribution in [-0.2, 0) is 23.9 Å². The highest BCUT2D eigenvalue weighted by atomic mass is 16.6. The van der Waals surface area contributed by atoms with E-state index in [0.29, 0.717) is 11.9 Å². The Bertz CT molecular complexity index is 1280. The number of primary amides is 1. The lowest BCUT2D eigenvalue weighted by Gasteiger charge is -2.43. The number of nitrogens with one attached hydrogen (secondary N) is 2. The quantitative estimate of drug-likeness (QED) is 0.0863. The molecule has 41 heavy (non-hydrogen) atoms. The van der Waals surface area contributed by atoms with Gasteiger partial charge in [0.25, 0.3) is 0 Å². The van der Waals surface area contributed by atoms with E-state index in [1.807, 2.05) is 0 Å². The number of aromatic amines is 1. The summed E-state index contributed by atoms with van der Waals surface area (Å²) in [5.41, 5.74) is 9.74. The van der Waals surface area contributed by atoms with Crippen LogP contribution >= 0.6 is 0 Å². The molecule has 0 spiro atoms. The van der Waals surface area contributed by atoms with Gasteiger partial charge in [-0.3, -0.25) is 19.0 Å². The second kappa shape index (κ2) is 12.6. The molecule has 0 radical (unpaired) electrons. The maximum atomic E-state index is 13.5. The zero-order chi connectivity index (χ0) is 30.8. The van der Waals surface area contributed by atoms with Crippen LogP contribution in [0.5, 0.6) is 0 Å². The lowest BCUT2D eigenvalue weighted by molar-refractivity contribution is -0.157. The van der Waals surface area contributed by atoms with Crippen LogP contribution in [0, 0.1) is 0 Å². The van der Waals surface area contributed by atoms with Gasteiger partial charge in [-0.05, 0) is 12.5 Å². The fraction of sp³-hybridized carbons (Fsp3) is 0.545.